The molecule has 0 unspecified atom stereocenters. The minimum absolute atomic E-state index is 0.301. The number of hydrogen-bond donors (Lipinski definition) is 1. The van der Waals surface area contributed by atoms with Crippen LogP contribution in [-0.4, -0.2) is 17.9 Å². The summed E-state index contributed by atoms with van der Waals surface area (Å²) in [6.07, 6.45) is 7.77. The van der Waals surface area contributed by atoms with E-state index in [4.69, 9.17) is 5.11 Å². The first-order valence-corrected chi connectivity index (χ1v) is 5.15. The van der Waals surface area contributed by atoms with Gasteiger partial charge >= 0.3 is 6.16 Å². The SMILES string of the molecule is CC=CCCCC.CCCOC(=O)O. The van der Waals surface area contributed by atoms with Crippen LogP contribution in [0.25, 0.3) is 0 Å². The molecule has 0 aromatic heterocycles. The number of carboxylic acid groups (broad SMARTS) is 1. The Balaban J connectivity index is 0. The summed E-state index contributed by atoms with van der Waals surface area (Å²) in [4.78, 5) is 9.54. The van der Waals surface area contributed by atoms with Crippen LogP contribution in [0.4, 0.5) is 4.79 Å². The largest absolute Gasteiger partial charge is 0.505 e. The Labute approximate surface area is 86.8 Å². The van der Waals surface area contributed by atoms with Crippen LogP contribution in [-0.2, 0) is 4.74 Å². The summed E-state index contributed by atoms with van der Waals surface area (Å²) in [6, 6.07) is 0. The molecule has 0 aromatic rings. The van der Waals surface area contributed by atoms with Crippen LogP contribution in [0.5, 0.6) is 0 Å². The van der Waals surface area contributed by atoms with Gasteiger partial charge in [-0.25, -0.2) is 4.79 Å². The van der Waals surface area contributed by atoms with E-state index in [9.17, 15) is 4.79 Å². The van der Waals surface area contributed by atoms with Crippen LogP contribution in [0.2, 0.25) is 0 Å². The summed E-state index contributed by atoms with van der Waals surface area (Å²) < 4.78 is 4.11. The molecule has 0 atom stereocenters. The lowest BCUT2D eigenvalue weighted by atomic mass is 10.2. The zero-order valence-corrected chi connectivity index (χ0v) is 9.45. The highest BCUT2D eigenvalue weighted by Crippen LogP contribution is 1.93. The lowest BCUT2D eigenvalue weighted by molar-refractivity contribution is 0.0918. The number of hydrogen-bond acceptors (Lipinski definition) is 2. The van der Waals surface area contributed by atoms with Crippen molar-refractivity contribution in [3.63, 3.8) is 0 Å². The third-order valence-electron chi connectivity index (χ3n) is 1.39. The van der Waals surface area contributed by atoms with Crippen molar-refractivity contribution < 1.29 is 14.6 Å². The molecule has 0 rings (SSSR count). The number of ether oxygens (including phenoxy) is 1. The summed E-state index contributed by atoms with van der Waals surface area (Å²) in [5.41, 5.74) is 0. The fourth-order valence-corrected chi connectivity index (χ4v) is 0.678. The predicted molar refractivity (Wildman–Crippen MR) is 58.6 cm³/mol. The molecule has 0 fully saturated rings. The van der Waals surface area contributed by atoms with Gasteiger partial charge in [0.05, 0.1) is 6.61 Å². The number of rotatable bonds is 5. The molecule has 0 radical (unpaired) electrons. The van der Waals surface area contributed by atoms with Crippen LogP contribution in [0.1, 0.15) is 46.5 Å². The molecule has 0 bridgehead atoms. The van der Waals surface area contributed by atoms with Crippen LogP contribution in [0.15, 0.2) is 12.2 Å². The van der Waals surface area contributed by atoms with Crippen molar-refractivity contribution in [3.8, 4) is 0 Å². The maximum absolute atomic E-state index is 9.54. The quantitative estimate of drug-likeness (QED) is 0.418. The van der Waals surface area contributed by atoms with Gasteiger partial charge in [-0.1, -0.05) is 38.8 Å². The van der Waals surface area contributed by atoms with Crippen LogP contribution < -0.4 is 0 Å². The van der Waals surface area contributed by atoms with E-state index in [1.165, 1.54) is 19.3 Å². The van der Waals surface area contributed by atoms with Crippen LogP contribution in [0.3, 0.4) is 0 Å². The maximum Gasteiger partial charge on any atom is 0.505 e. The average Bonchev–Trinajstić information content (AvgIpc) is 2.16. The number of unbranched alkanes of at least 4 members (excludes halogenated alkanes) is 2. The molecule has 0 aliphatic rings. The van der Waals surface area contributed by atoms with Gasteiger partial charge in [-0.2, -0.15) is 0 Å². The summed E-state index contributed by atoms with van der Waals surface area (Å²) in [5, 5.41) is 7.82. The molecule has 14 heavy (non-hydrogen) atoms. The van der Waals surface area contributed by atoms with Crippen LogP contribution >= 0.6 is 0 Å². The van der Waals surface area contributed by atoms with Gasteiger partial charge in [-0.15, -0.1) is 0 Å². The Hall–Kier alpha value is -0.990. The monoisotopic (exact) mass is 202 g/mol. The predicted octanol–water partition coefficient (Wildman–Crippen LogP) is 3.84. The Kier molecular flexibility index (Phi) is 16.1. The van der Waals surface area contributed by atoms with Crippen molar-refractivity contribution in [1.82, 2.24) is 0 Å². The molecule has 0 amide bonds. The van der Waals surface area contributed by atoms with E-state index in [-0.39, 0.29) is 0 Å². The van der Waals surface area contributed by atoms with E-state index in [0.717, 1.165) is 6.42 Å². The summed E-state index contributed by atoms with van der Waals surface area (Å²) in [5.74, 6) is 0. The van der Waals surface area contributed by atoms with Crippen LogP contribution in [0, 0.1) is 0 Å². The molecule has 0 aromatic carbocycles. The highest BCUT2D eigenvalue weighted by molar-refractivity contribution is 5.56. The van der Waals surface area contributed by atoms with Crippen molar-refractivity contribution in [2.45, 2.75) is 46.5 Å². The van der Waals surface area contributed by atoms with E-state index in [2.05, 4.69) is 30.7 Å². The number of allylic oxidation sites excluding steroid dienone is 2. The standard InChI is InChI=1S/C7H14.C4H8O3/c1-3-5-7-6-4-2;1-2-3-7-4(5)6/h3,5H,4,6-7H2,1-2H3;2-3H2,1H3,(H,5,6). The molecule has 3 heteroatoms. The number of carbonyl (C=O) groups is 1. The van der Waals surface area contributed by atoms with E-state index in [1.807, 2.05) is 6.92 Å². The third kappa shape index (κ3) is 22.5. The van der Waals surface area contributed by atoms with Gasteiger partial charge in [0.2, 0.25) is 0 Å². The Bertz CT molecular complexity index is 141. The average molecular weight is 202 g/mol. The van der Waals surface area contributed by atoms with E-state index < -0.39 is 6.16 Å². The second-order valence-corrected chi connectivity index (χ2v) is 2.83. The Morgan fingerprint density at radius 1 is 1.36 bits per heavy atom. The third-order valence-corrected chi connectivity index (χ3v) is 1.39. The molecule has 84 valence electrons. The van der Waals surface area contributed by atoms with Gasteiger partial charge in [-0.05, 0) is 19.8 Å². The Morgan fingerprint density at radius 3 is 2.29 bits per heavy atom. The van der Waals surface area contributed by atoms with Gasteiger partial charge in [-0.3, -0.25) is 0 Å². The van der Waals surface area contributed by atoms with E-state index >= 15 is 0 Å². The minimum atomic E-state index is -1.19. The van der Waals surface area contributed by atoms with Crippen molar-refractivity contribution in [1.29, 1.82) is 0 Å². The normalized spacial score (nSPS) is 9.36. The van der Waals surface area contributed by atoms with Crippen molar-refractivity contribution in [3.05, 3.63) is 12.2 Å². The van der Waals surface area contributed by atoms with Gasteiger partial charge in [0, 0.05) is 0 Å². The smallest absolute Gasteiger partial charge is 0.450 e. The van der Waals surface area contributed by atoms with Crippen molar-refractivity contribution in [2.24, 2.45) is 0 Å². The second-order valence-electron chi connectivity index (χ2n) is 2.83. The molecule has 0 saturated heterocycles. The van der Waals surface area contributed by atoms with Crippen molar-refractivity contribution in [2.75, 3.05) is 6.61 Å². The molecular weight excluding hydrogens is 180 g/mol. The molecule has 3 nitrogen and oxygen atoms in total. The van der Waals surface area contributed by atoms with Gasteiger partial charge in [0.15, 0.2) is 0 Å². The fourth-order valence-electron chi connectivity index (χ4n) is 0.678. The Morgan fingerprint density at radius 2 is 2.00 bits per heavy atom. The molecule has 0 aliphatic heterocycles. The summed E-state index contributed by atoms with van der Waals surface area (Å²) in [6.45, 7) is 6.43. The van der Waals surface area contributed by atoms with Gasteiger partial charge in [0.25, 0.3) is 0 Å². The lowest BCUT2D eigenvalue weighted by Gasteiger charge is -1.91. The zero-order chi connectivity index (χ0) is 11.2. The molecule has 1 N–H and O–H groups in total. The van der Waals surface area contributed by atoms with Gasteiger partial charge < -0.3 is 9.84 Å². The molecule has 0 saturated carbocycles. The molecular formula is C11H22O3. The van der Waals surface area contributed by atoms with Gasteiger partial charge in [0.1, 0.15) is 0 Å². The highest BCUT2D eigenvalue weighted by atomic mass is 16.7. The second kappa shape index (κ2) is 14.5. The van der Waals surface area contributed by atoms with E-state index in [0.29, 0.717) is 6.61 Å². The van der Waals surface area contributed by atoms with E-state index in [1.54, 1.807) is 0 Å². The molecule has 0 spiro atoms. The maximum atomic E-state index is 9.54. The minimum Gasteiger partial charge on any atom is -0.450 e. The molecule has 0 heterocycles. The first-order chi connectivity index (χ1) is 6.68. The topological polar surface area (TPSA) is 46.5 Å². The zero-order valence-electron chi connectivity index (χ0n) is 9.45. The summed E-state index contributed by atoms with van der Waals surface area (Å²) in [7, 11) is 0. The molecule has 0 aliphatic carbocycles. The summed E-state index contributed by atoms with van der Waals surface area (Å²) >= 11 is 0. The first-order valence-electron chi connectivity index (χ1n) is 5.15. The highest BCUT2D eigenvalue weighted by Gasteiger charge is 1.89. The van der Waals surface area contributed by atoms with Crippen molar-refractivity contribution >= 4 is 6.16 Å². The fraction of sp³-hybridized carbons (Fsp3) is 0.727. The lowest BCUT2D eigenvalue weighted by Crippen LogP contribution is -1.99. The first kappa shape index (κ1) is 15.5.